The van der Waals surface area contributed by atoms with Crippen molar-refractivity contribution in [3.8, 4) is 0 Å². The Hall–Kier alpha value is -1.14. The van der Waals surface area contributed by atoms with Crippen molar-refractivity contribution in [2.24, 2.45) is 0 Å². The van der Waals surface area contributed by atoms with Crippen LogP contribution in [0.25, 0.3) is 0 Å². The summed E-state index contributed by atoms with van der Waals surface area (Å²) in [4.78, 5) is 24.0. The molecule has 196 valence electrons. The molecule has 0 saturated heterocycles. The number of hydrogen-bond acceptors (Lipinski definition) is 5. The minimum atomic E-state index is -0.139. The number of rotatable bonds is 24. The lowest BCUT2D eigenvalue weighted by molar-refractivity contribution is -0.910. The second-order valence-electron chi connectivity index (χ2n) is 9.70. The predicted molar refractivity (Wildman–Crippen MR) is 135 cm³/mol. The molecule has 0 amide bonds. The summed E-state index contributed by atoms with van der Waals surface area (Å²) < 4.78 is 11.3. The zero-order chi connectivity index (χ0) is 24.6. The standard InChI is InChI=1S/C27H54NO5/c1-4-6-8-10-12-14-16-18-26(30)32-24-21-28(3,20-23-29)22-25-33-27(31)19-17-15-13-11-9-7-5-2/h29H,4-25H2,1-3H3/q+1. The number of esters is 2. The molecule has 0 fully saturated rings. The van der Waals surface area contributed by atoms with Gasteiger partial charge in [0.1, 0.15) is 32.8 Å². The van der Waals surface area contributed by atoms with Gasteiger partial charge in [-0.15, -0.1) is 0 Å². The lowest BCUT2D eigenvalue weighted by atomic mass is 10.1. The van der Waals surface area contributed by atoms with Gasteiger partial charge < -0.3 is 19.1 Å². The maximum Gasteiger partial charge on any atom is 0.305 e. The summed E-state index contributed by atoms with van der Waals surface area (Å²) in [5.41, 5.74) is 0. The van der Waals surface area contributed by atoms with Gasteiger partial charge in [0.2, 0.25) is 0 Å². The SMILES string of the molecule is CCCCCCCCCC(=O)OCC[N+](C)(CCO)CCOC(=O)CCCCCCCCC. The van der Waals surface area contributed by atoms with Gasteiger partial charge in [0, 0.05) is 12.8 Å². The first-order valence-corrected chi connectivity index (χ1v) is 13.7. The molecule has 0 aliphatic rings. The molecule has 1 N–H and O–H groups in total. The van der Waals surface area contributed by atoms with E-state index >= 15 is 0 Å². The number of quaternary nitrogens is 1. The summed E-state index contributed by atoms with van der Waals surface area (Å²) in [6.45, 7) is 6.90. The van der Waals surface area contributed by atoms with E-state index in [1.165, 1.54) is 64.2 Å². The topological polar surface area (TPSA) is 72.8 Å². The molecule has 0 bridgehead atoms. The van der Waals surface area contributed by atoms with E-state index in [9.17, 15) is 14.7 Å². The Morgan fingerprint density at radius 2 is 0.970 bits per heavy atom. The monoisotopic (exact) mass is 472 g/mol. The third kappa shape index (κ3) is 21.2. The highest BCUT2D eigenvalue weighted by Gasteiger charge is 2.22. The van der Waals surface area contributed by atoms with Gasteiger partial charge in [0.15, 0.2) is 0 Å². The Morgan fingerprint density at radius 3 is 1.33 bits per heavy atom. The molecule has 0 radical (unpaired) electrons. The van der Waals surface area contributed by atoms with E-state index in [1.807, 2.05) is 7.05 Å². The van der Waals surface area contributed by atoms with E-state index < -0.39 is 0 Å². The largest absolute Gasteiger partial charge is 0.460 e. The number of carbonyl (C=O) groups excluding carboxylic acids is 2. The Kier molecular flexibility index (Phi) is 21.9. The maximum absolute atomic E-state index is 12.0. The number of hydrogen-bond donors (Lipinski definition) is 1. The van der Waals surface area contributed by atoms with E-state index in [-0.39, 0.29) is 18.5 Å². The fourth-order valence-electron chi connectivity index (χ4n) is 3.93. The smallest absolute Gasteiger partial charge is 0.305 e. The first-order chi connectivity index (χ1) is 16.0. The van der Waals surface area contributed by atoms with Crippen molar-refractivity contribution in [3.63, 3.8) is 0 Å². The summed E-state index contributed by atoms with van der Waals surface area (Å²) >= 11 is 0. The first-order valence-electron chi connectivity index (χ1n) is 13.7. The normalized spacial score (nSPS) is 11.5. The molecule has 0 heterocycles. The highest BCUT2D eigenvalue weighted by atomic mass is 16.5. The van der Waals surface area contributed by atoms with Gasteiger partial charge in [-0.05, 0) is 12.8 Å². The molecule has 0 unspecified atom stereocenters. The third-order valence-corrected chi connectivity index (χ3v) is 6.40. The van der Waals surface area contributed by atoms with Crippen LogP contribution in [0.3, 0.4) is 0 Å². The van der Waals surface area contributed by atoms with Gasteiger partial charge in [0.05, 0.1) is 13.7 Å². The lowest BCUT2D eigenvalue weighted by Gasteiger charge is -2.33. The first kappa shape index (κ1) is 31.9. The van der Waals surface area contributed by atoms with Crippen molar-refractivity contribution in [1.29, 1.82) is 0 Å². The fourth-order valence-corrected chi connectivity index (χ4v) is 3.93. The summed E-state index contributed by atoms with van der Waals surface area (Å²) in [7, 11) is 2.00. The molecule has 6 nitrogen and oxygen atoms in total. The van der Waals surface area contributed by atoms with Gasteiger partial charge in [-0.1, -0.05) is 90.9 Å². The fraction of sp³-hybridized carbons (Fsp3) is 0.926. The van der Waals surface area contributed by atoms with Gasteiger partial charge in [-0.3, -0.25) is 9.59 Å². The molecule has 0 aromatic carbocycles. The van der Waals surface area contributed by atoms with Crippen molar-refractivity contribution < 1.29 is 28.7 Å². The Morgan fingerprint density at radius 1 is 0.606 bits per heavy atom. The summed E-state index contributed by atoms with van der Waals surface area (Å²) in [6, 6.07) is 0. The number of aliphatic hydroxyl groups excluding tert-OH is 1. The molecule has 33 heavy (non-hydrogen) atoms. The van der Waals surface area contributed by atoms with Crippen LogP contribution in [-0.4, -0.2) is 68.0 Å². The van der Waals surface area contributed by atoms with E-state index in [0.717, 1.165) is 25.7 Å². The van der Waals surface area contributed by atoms with E-state index in [0.29, 0.717) is 50.2 Å². The molecular weight excluding hydrogens is 418 g/mol. The number of likely N-dealkylation sites (N-methyl/N-ethyl adjacent to an activating group) is 1. The molecule has 0 atom stereocenters. The van der Waals surface area contributed by atoms with Crippen LogP contribution in [0.2, 0.25) is 0 Å². The van der Waals surface area contributed by atoms with Crippen LogP contribution in [0.5, 0.6) is 0 Å². The summed E-state index contributed by atoms with van der Waals surface area (Å²) in [5, 5.41) is 9.43. The Bertz CT molecular complexity index is 433. The summed E-state index contributed by atoms with van der Waals surface area (Å²) in [6.07, 6.45) is 17.5. The van der Waals surface area contributed by atoms with Crippen LogP contribution in [0, 0.1) is 0 Å². The number of nitrogens with zero attached hydrogens (tertiary/aromatic N) is 1. The lowest BCUT2D eigenvalue weighted by Crippen LogP contribution is -2.50. The van der Waals surface area contributed by atoms with E-state index in [1.54, 1.807) is 0 Å². The van der Waals surface area contributed by atoms with Crippen molar-refractivity contribution in [3.05, 3.63) is 0 Å². The minimum absolute atomic E-state index is 0.0501. The van der Waals surface area contributed by atoms with Gasteiger partial charge in [-0.25, -0.2) is 0 Å². The van der Waals surface area contributed by atoms with Crippen molar-refractivity contribution in [2.45, 2.75) is 117 Å². The van der Waals surface area contributed by atoms with Crippen LogP contribution in [0.15, 0.2) is 0 Å². The molecule has 6 heteroatoms. The van der Waals surface area contributed by atoms with Gasteiger partial charge in [0.25, 0.3) is 0 Å². The molecule has 0 aliphatic heterocycles. The molecule has 0 aromatic rings. The Labute approximate surface area is 204 Å². The zero-order valence-corrected chi connectivity index (χ0v) is 22.1. The van der Waals surface area contributed by atoms with Crippen LogP contribution in [0.4, 0.5) is 0 Å². The van der Waals surface area contributed by atoms with Crippen molar-refractivity contribution in [1.82, 2.24) is 0 Å². The van der Waals surface area contributed by atoms with Crippen LogP contribution in [0.1, 0.15) is 117 Å². The van der Waals surface area contributed by atoms with Gasteiger partial charge >= 0.3 is 11.9 Å². The maximum atomic E-state index is 12.0. The quantitative estimate of drug-likeness (QED) is 0.109. The highest BCUT2D eigenvalue weighted by molar-refractivity contribution is 5.69. The number of ether oxygens (including phenoxy) is 2. The molecule has 0 spiro atoms. The third-order valence-electron chi connectivity index (χ3n) is 6.40. The molecule has 0 aliphatic carbocycles. The Balaban J connectivity index is 3.90. The van der Waals surface area contributed by atoms with Crippen molar-refractivity contribution in [2.75, 3.05) is 46.5 Å². The minimum Gasteiger partial charge on any atom is -0.460 e. The number of aliphatic hydroxyl groups is 1. The van der Waals surface area contributed by atoms with Crippen LogP contribution in [-0.2, 0) is 19.1 Å². The van der Waals surface area contributed by atoms with E-state index in [2.05, 4.69) is 13.8 Å². The zero-order valence-electron chi connectivity index (χ0n) is 22.1. The predicted octanol–water partition coefficient (Wildman–Crippen LogP) is 5.79. The summed E-state index contributed by atoms with van der Waals surface area (Å²) in [5.74, 6) is -0.277. The number of carbonyl (C=O) groups is 2. The van der Waals surface area contributed by atoms with Gasteiger partial charge in [-0.2, -0.15) is 0 Å². The molecule has 0 aromatic heterocycles. The second-order valence-corrected chi connectivity index (χ2v) is 9.70. The average Bonchev–Trinajstić information content (AvgIpc) is 2.78. The van der Waals surface area contributed by atoms with Crippen LogP contribution >= 0.6 is 0 Å². The molecule has 0 rings (SSSR count). The van der Waals surface area contributed by atoms with E-state index in [4.69, 9.17) is 9.47 Å². The average molecular weight is 473 g/mol. The highest BCUT2D eigenvalue weighted by Crippen LogP contribution is 2.10. The van der Waals surface area contributed by atoms with Crippen LogP contribution < -0.4 is 0 Å². The molecule has 0 saturated carbocycles. The molecular formula is C27H54NO5+. The van der Waals surface area contributed by atoms with Crippen molar-refractivity contribution >= 4 is 11.9 Å². The second kappa shape index (κ2) is 22.6. The number of unbranched alkanes of at least 4 members (excludes halogenated alkanes) is 12.